The van der Waals surface area contributed by atoms with Crippen molar-refractivity contribution in [1.82, 2.24) is 5.43 Å². The molecule has 2 aromatic rings. The van der Waals surface area contributed by atoms with Crippen molar-refractivity contribution in [3.05, 3.63) is 52.0 Å². The van der Waals surface area contributed by atoms with Gasteiger partial charge < -0.3 is 14.2 Å². The first-order valence-electron chi connectivity index (χ1n) is 7.72. The second-order valence-electron chi connectivity index (χ2n) is 5.62. The molecule has 0 fully saturated rings. The lowest BCUT2D eigenvalue weighted by Gasteiger charge is -2.13. The SMILES string of the molecule is CC(C)Oc1ccc(Br)cc1C(=O)N/N=C/c1ccc2c(c1)OCO2. The van der Waals surface area contributed by atoms with Gasteiger partial charge in [-0.05, 0) is 55.8 Å². The first-order valence-corrected chi connectivity index (χ1v) is 8.51. The fourth-order valence-electron chi connectivity index (χ4n) is 2.26. The highest BCUT2D eigenvalue weighted by Gasteiger charge is 2.15. The van der Waals surface area contributed by atoms with Crippen molar-refractivity contribution >= 4 is 28.1 Å². The summed E-state index contributed by atoms with van der Waals surface area (Å²) in [6, 6.07) is 10.7. The van der Waals surface area contributed by atoms with Crippen LogP contribution in [0.4, 0.5) is 0 Å². The molecule has 1 heterocycles. The maximum Gasteiger partial charge on any atom is 0.275 e. The summed E-state index contributed by atoms with van der Waals surface area (Å²) in [5.41, 5.74) is 3.71. The van der Waals surface area contributed by atoms with Crippen LogP contribution in [0.5, 0.6) is 17.2 Å². The van der Waals surface area contributed by atoms with Crippen LogP contribution in [0, 0.1) is 0 Å². The zero-order chi connectivity index (χ0) is 17.8. The summed E-state index contributed by atoms with van der Waals surface area (Å²) >= 11 is 3.36. The Hall–Kier alpha value is -2.54. The average Bonchev–Trinajstić information content (AvgIpc) is 3.03. The maximum absolute atomic E-state index is 12.4. The molecule has 0 spiro atoms. The minimum absolute atomic E-state index is 0.0372. The largest absolute Gasteiger partial charge is 0.490 e. The van der Waals surface area contributed by atoms with Gasteiger partial charge in [-0.15, -0.1) is 0 Å². The molecule has 7 heteroatoms. The molecule has 3 rings (SSSR count). The maximum atomic E-state index is 12.4. The molecule has 6 nitrogen and oxygen atoms in total. The molecule has 1 aliphatic rings. The van der Waals surface area contributed by atoms with Crippen LogP contribution in [0.3, 0.4) is 0 Å². The summed E-state index contributed by atoms with van der Waals surface area (Å²) in [6.45, 7) is 4.03. The Morgan fingerprint density at radius 2 is 2.04 bits per heavy atom. The molecule has 0 saturated carbocycles. The van der Waals surface area contributed by atoms with Crippen LogP contribution in [0.15, 0.2) is 46.0 Å². The number of carbonyl (C=O) groups is 1. The van der Waals surface area contributed by atoms with Gasteiger partial charge in [0, 0.05) is 4.47 Å². The Morgan fingerprint density at radius 3 is 2.84 bits per heavy atom. The molecular weight excluding hydrogens is 388 g/mol. The van der Waals surface area contributed by atoms with E-state index in [1.165, 1.54) is 0 Å². The molecule has 1 N–H and O–H groups in total. The number of halogens is 1. The van der Waals surface area contributed by atoms with Crippen molar-refractivity contribution in [3.8, 4) is 17.2 Å². The van der Waals surface area contributed by atoms with Crippen molar-refractivity contribution in [2.75, 3.05) is 6.79 Å². The molecule has 0 saturated heterocycles. The number of ether oxygens (including phenoxy) is 3. The van der Waals surface area contributed by atoms with E-state index in [2.05, 4.69) is 26.5 Å². The van der Waals surface area contributed by atoms with E-state index in [1.807, 2.05) is 26.0 Å². The van der Waals surface area contributed by atoms with E-state index in [-0.39, 0.29) is 18.8 Å². The number of fused-ring (bicyclic) bond motifs is 1. The van der Waals surface area contributed by atoms with Crippen molar-refractivity contribution in [2.45, 2.75) is 20.0 Å². The summed E-state index contributed by atoms with van der Waals surface area (Å²) < 4.78 is 17.0. The Kier molecular flexibility index (Phi) is 5.23. The van der Waals surface area contributed by atoms with Gasteiger partial charge in [0.05, 0.1) is 17.9 Å². The number of rotatable bonds is 5. The first kappa shape index (κ1) is 17.3. The van der Waals surface area contributed by atoms with Crippen molar-refractivity contribution in [1.29, 1.82) is 0 Å². The van der Waals surface area contributed by atoms with E-state index in [0.717, 1.165) is 10.0 Å². The molecular formula is C18H17BrN2O4. The smallest absolute Gasteiger partial charge is 0.275 e. The third-order valence-corrected chi connectivity index (χ3v) is 3.82. The lowest BCUT2D eigenvalue weighted by atomic mass is 10.2. The van der Waals surface area contributed by atoms with Gasteiger partial charge in [-0.25, -0.2) is 5.43 Å². The fraction of sp³-hybridized carbons (Fsp3) is 0.222. The van der Waals surface area contributed by atoms with Crippen molar-refractivity contribution in [3.63, 3.8) is 0 Å². The van der Waals surface area contributed by atoms with Crippen LogP contribution in [-0.4, -0.2) is 25.0 Å². The number of hydrogen-bond donors (Lipinski definition) is 1. The Balaban J connectivity index is 1.71. The third kappa shape index (κ3) is 4.30. The highest BCUT2D eigenvalue weighted by Crippen LogP contribution is 2.32. The molecule has 2 aromatic carbocycles. The number of carbonyl (C=O) groups excluding carboxylic acids is 1. The monoisotopic (exact) mass is 404 g/mol. The second-order valence-corrected chi connectivity index (χ2v) is 6.53. The van der Waals surface area contributed by atoms with E-state index < -0.39 is 0 Å². The van der Waals surface area contributed by atoms with Gasteiger partial charge >= 0.3 is 0 Å². The van der Waals surface area contributed by atoms with Gasteiger partial charge in [0.1, 0.15) is 5.75 Å². The van der Waals surface area contributed by atoms with Crippen molar-refractivity contribution in [2.24, 2.45) is 5.10 Å². The summed E-state index contributed by atoms with van der Waals surface area (Å²) in [4.78, 5) is 12.4. The van der Waals surface area contributed by atoms with E-state index in [1.54, 1.807) is 30.5 Å². The highest BCUT2D eigenvalue weighted by molar-refractivity contribution is 9.10. The molecule has 0 aliphatic carbocycles. The van der Waals surface area contributed by atoms with Crippen LogP contribution in [0.2, 0.25) is 0 Å². The lowest BCUT2D eigenvalue weighted by Crippen LogP contribution is -2.20. The minimum Gasteiger partial charge on any atom is -0.490 e. The molecule has 130 valence electrons. The molecule has 0 aromatic heterocycles. The molecule has 0 unspecified atom stereocenters. The molecule has 25 heavy (non-hydrogen) atoms. The second kappa shape index (κ2) is 7.57. The average molecular weight is 405 g/mol. The van der Waals surface area contributed by atoms with Crippen molar-refractivity contribution < 1.29 is 19.0 Å². The van der Waals surface area contributed by atoms with Crippen LogP contribution < -0.4 is 19.6 Å². The normalized spacial score (nSPS) is 12.6. The van der Waals surface area contributed by atoms with Gasteiger partial charge in [-0.2, -0.15) is 5.10 Å². The molecule has 1 aliphatic heterocycles. The van der Waals surface area contributed by atoms with Gasteiger partial charge in [-0.3, -0.25) is 4.79 Å². The molecule has 0 atom stereocenters. The quantitative estimate of drug-likeness (QED) is 0.608. The van der Waals surface area contributed by atoms with E-state index in [0.29, 0.717) is 22.8 Å². The van der Waals surface area contributed by atoms with Gasteiger partial charge in [0.15, 0.2) is 11.5 Å². The van der Waals surface area contributed by atoms with Crippen LogP contribution >= 0.6 is 15.9 Å². The van der Waals surface area contributed by atoms with E-state index >= 15 is 0 Å². The number of hydrogen-bond acceptors (Lipinski definition) is 5. The molecule has 1 amide bonds. The lowest BCUT2D eigenvalue weighted by molar-refractivity contribution is 0.0949. The summed E-state index contributed by atoms with van der Waals surface area (Å²) in [5, 5.41) is 4.00. The zero-order valence-electron chi connectivity index (χ0n) is 13.8. The zero-order valence-corrected chi connectivity index (χ0v) is 15.4. The highest BCUT2D eigenvalue weighted by atomic mass is 79.9. The topological polar surface area (TPSA) is 69.2 Å². The van der Waals surface area contributed by atoms with Gasteiger partial charge in [-0.1, -0.05) is 15.9 Å². The van der Waals surface area contributed by atoms with Crippen LogP contribution in [0.1, 0.15) is 29.8 Å². The summed E-state index contributed by atoms with van der Waals surface area (Å²) in [5.74, 6) is 1.52. The predicted molar refractivity (Wildman–Crippen MR) is 97.5 cm³/mol. The van der Waals surface area contributed by atoms with Crippen LogP contribution in [0.25, 0.3) is 0 Å². The van der Waals surface area contributed by atoms with Gasteiger partial charge in [0.25, 0.3) is 5.91 Å². The van der Waals surface area contributed by atoms with Gasteiger partial charge in [0.2, 0.25) is 6.79 Å². The number of nitrogens with one attached hydrogen (secondary N) is 1. The molecule has 0 radical (unpaired) electrons. The van der Waals surface area contributed by atoms with E-state index in [4.69, 9.17) is 14.2 Å². The van der Waals surface area contributed by atoms with E-state index in [9.17, 15) is 4.79 Å². The summed E-state index contributed by atoms with van der Waals surface area (Å²) in [6.07, 6.45) is 1.51. The predicted octanol–water partition coefficient (Wildman–Crippen LogP) is 3.73. The standard InChI is InChI=1S/C18H17BrN2O4/c1-11(2)25-15-6-4-13(19)8-14(15)18(22)21-20-9-12-3-5-16-17(7-12)24-10-23-16/h3-9,11H,10H2,1-2H3,(H,21,22)/b20-9+. The Bertz CT molecular complexity index is 821. The molecule has 0 bridgehead atoms. The minimum atomic E-state index is -0.353. The number of amides is 1. The number of hydrazone groups is 1. The number of benzene rings is 2. The number of nitrogens with zero attached hydrogens (tertiary/aromatic N) is 1. The fourth-order valence-corrected chi connectivity index (χ4v) is 2.62. The summed E-state index contributed by atoms with van der Waals surface area (Å²) in [7, 11) is 0. The van der Waals surface area contributed by atoms with Crippen LogP contribution in [-0.2, 0) is 0 Å². The first-order chi connectivity index (χ1) is 12.0. The Morgan fingerprint density at radius 1 is 1.24 bits per heavy atom. The Labute approximate surface area is 153 Å². The third-order valence-electron chi connectivity index (χ3n) is 3.33.